The third-order valence-electron chi connectivity index (χ3n) is 3.41. The molecule has 6 nitrogen and oxygen atoms in total. The minimum absolute atomic E-state index is 0.309. The van der Waals surface area contributed by atoms with Crippen molar-refractivity contribution in [3.63, 3.8) is 0 Å². The van der Waals surface area contributed by atoms with E-state index in [9.17, 15) is 0 Å². The molecule has 0 aromatic heterocycles. The molecule has 0 aromatic carbocycles. The summed E-state index contributed by atoms with van der Waals surface area (Å²) < 4.78 is 28.9. The van der Waals surface area contributed by atoms with Crippen LogP contribution < -0.4 is 5.73 Å². The van der Waals surface area contributed by atoms with Crippen LogP contribution in [-0.4, -0.2) is 63.7 Å². The van der Waals surface area contributed by atoms with Crippen molar-refractivity contribution >= 4 is 0 Å². The molecule has 0 spiro atoms. The van der Waals surface area contributed by atoms with Gasteiger partial charge >= 0.3 is 0 Å². The Morgan fingerprint density at radius 1 is 0.750 bits per heavy atom. The first-order valence-corrected chi connectivity index (χ1v) is 7.96. The predicted octanol–water partition coefficient (Wildman–Crippen LogP) is 1.59. The van der Waals surface area contributed by atoms with Gasteiger partial charge in [-0.3, -0.25) is 0 Å². The van der Waals surface area contributed by atoms with Gasteiger partial charge in [0.15, 0.2) is 0 Å². The van der Waals surface area contributed by atoms with Crippen LogP contribution in [0.15, 0.2) is 50.6 Å². The number of rotatable bonds is 13. The summed E-state index contributed by atoms with van der Waals surface area (Å²) in [4.78, 5) is 0. The molecule has 0 aliphatic carbocycles. The maximum atomic E-state index is 6.13. The van der Waals surface area contributed by atoms with Crippen LogP contribution in [-0.2, 0) is 23.7 Å². The predicted molar refractivity (Wildman–Crippen MR) is 93.7 cm³/mol. The summed E-state index contributed by atoms with van der Waals surface area (Å²) in [5.74, 6) is 0. The zero-order valence-electron chi connectivity index (χ0n) is 14.2. The smallest absolute Gasteiger partial charge is 0.135 e. The zero-order chi connectivity index (χ0) is 17.8. The highest BCUT2D eigenvalue weighted by atomic mass is 16.6. The topological polar surface area (TPSA) is 72.2 Å². The third-order valence-corrected chi connectivity index (χ3v) is 3.41. The molecule has 1 heterocycles. The van der Waals surface area contributed by atoms with Crippen LogP contribution in [0.2, 0.25) is 0 Å². The number of ether oxygens (including phenoxy) is 5. The largest absolute Gasteiger partial charge is 0.375 e. The molecule has 0 unspecified atom stereocenters. The molecule has 24 heavy (non-hydrogen) atoms. The summed E-state index contributed by atoms with van der Waals surface area (Å²) in [5, 5.41) is 0. The van der Waals surface area contributed by atoms with E-state index in [1.807, 2.05) is 0 Å². The van der Waals surface area contributed by atoms with Crippen molar-refractivity contribution in [3.8, 4) is 0 Å². The van der Waals surface area contributed by atoms with E-state index in [0.717, 1.165) is 0 Å². The van der Waals surface area contributed by atoms with Crippen molar-refractivity contribution in [2.24, 2.45) is 5.73 Å². The molecule has 5 atom stereocenters. The van der Waals surface area contributed by atoms with Crippen molar-refractivity contribution in [1.29, 1.82) is 0 Å². The van der Waals surface area contributed by atoms with Crippen molar-refractivity contribution < 1.29 is 23.7 Å². The van der Waals surface area contributed by atoms with Crippen molar-refractivity contribution in [3.05, 3.63) is 50.6 Å². The molecule has 0 amide bonds. The third kappa shape index (κ3) is 6.32. The van der Waals surface area contributed by atoms with Gasteiger partial charge in [0.2, 0.25) is 0 Å². The molecule has 0 radical (unpaired) electrons. The molecule has 1 saturated heterocycles. The van der Waals surface area contributed by atoms with Crippen LogP contribution in [0.3, 0.4) is 0 Å². The maximum Gasteiger partial charge on any atom is 0.135 e. The van der Waals surface area contributed by atoms with E-state index in [0.29, 0.717) is 33.0 Å². The summed E-state index contributed by atoms with van der Waals surface area (Å²) in [6.07, 6.45) is 4.26. The first-order valence-electron chi connectivity index (χ1n) is 7.96. The van der Waals surface area contributed by atoms with Gasteiger partial charge in [-0.1, -0.05) is 24.3 Å². The quantitative estimate of drug-likeness (QED) is 0.406. The van der Waals surface area contributed by atoms with Gasteiger partial charge in [-0.2, -0.15) is 0 Å². The second kappa shape index (κ2) is 12.1. The first kappa shape index (κ1) is 20.8. The number of hydrogen-bond donors (Lipinski definition) is 1. The SMILES string of the molecule is C=CCOC[C@H]1O[C@@H](N)[C@H](OCC=C)[C@@H](OCC=C)[C@@H]1OCC=C. The summed E-state index contributed by atoms with van der Waals surface area (Å²) in [5.41, 5.74) is 6.13. The fourth-order valence-corrected chi connectivity index (χ4v) is 2.46. The van der Waals surface area contributed by atoms with Gasteiger partial charge in [0.25, 0.3) is 0 Å². The molecule has 6 heteroatoms. The zero-order valence-corrected chi connectivity index (χ0v) is 14.2. The number of hydrogen-bond acceptors (Lipinski definition) is 6. The molecule has 1 aliphatic rings. The lowest BCUT2D eigenvalue weighted by Crippen LogP contribution is -2.63. The summed E-state index contributed by atoms with van der Waals surface area (Å²) in [6, 6.07) is 0. The van der Waals surface area contributed by atoms with Crippen molar-refractivity contribution in [1.82, 2.24) is 0 Å². The minimum atomic E-state index is -0.666. The highest BCUT2D eigenvalue weighted by molar-refractivity contribution is 4.95. The standard InChI is InChI=1S/C18H29NO5/c1-5-9-20-13-14-15(21-10-6-2)16(22-11-7-3)17(18(19)24-14)23-12-8-4/h5-8,14-18H,1-4,9-13,19H2/t14-,15-,16+,17-,18-/m1/s1. The molecule has 136 valence electrons. The molecule has 1 fully saturated rings. The molecular formula is C18H29NO5. The lowest BCUT2D eigenvalue weighted by molar-refractivity contribution is -0.258. The Morgan fingerprint density at radius 3 is 1.79 bits per heavy atom. The van der Waals surface area contributed by atoms with E-state index >= 15 is 0 Å². The van der Waals surface area contributed by atoms with Crippen molar-refractivity contribution in [2.45, 2.75) is 30.6 Å². The van der Waals surface area contributed by atoms with Crippen LogP contribution in [0.4, 0.5) is 0 Å². The van der Waals surface area contributed by atoms with E-state index in [1.54, 1.807) is 24.3 Å². The van der Waals surface area contributed by atoms with Gasteiger partial charge in [-0.25, -0.2) is 0 Å². The highest BCUT2D eigenvalue weighted by Gasteiger charge is 2.46. The fourth-order valence-electron chi connectivity index (χ4n) is 2.46. The van der Waals surface area contributed by atoms with Crippen molar-refractivity contribution in [2.75, 3.05) is 33.0 Å². The summed E-state index contributed by atoms with van der Waals surface area (Å²) in [7, 11) is 0. The van der Waals surface area contributed by atoms with Crippen LogP contribution in [0.25, 0.3) is 0 Å². The normalized spacial score (nSPS) is 29.8. The van der Waals surface area contributed by atoms with E-state index in [1.165, 1.54) is 0 Å². The summed E-state index contributed by atoms with van der Waals surface area (Å²) >= 11 is 0. The van der Waals surface area contributed by atoms with E-state index < -0.39 is 30.6 Å². The van der Waals surface area contributed by atoms with Gasteiger partial charge in [0.05, 0.1) is 33.0 Å². The van der Waals surface area contributed by atoms with Gasteiger partial charge in [0, 0.05) is 0 Å². The van der Waals surface area contributed by atoms with Crippen LogP contribution >= 0.6 is 0 Å². The Morgan fingerprint density at radius 2 is 1.25 bits per heavy atom. The average molecular weight is 339 g/mol. The van der Waals surface area contributed by atoms with E-state index in [4.69, 9.17) is 29.4 Å². The summed E-state index contributed by atoms with van der Waals surface area (Å²) in [6.45, 7) is 16.4. The maximum absolute atomic E-state index is 6.13. The molecular weight excluding hydrogens is 310 g/mol. The minimum Gasteiger partial charge on any atom is -0.375 e. The van der Waals surface area contributed by atoms with Crippen LogP contribution in [0.5, 0.6) is 0 Å². The second-order valence-electron chi connectivity index (χ2n) is 5.23. The monoisotopic (exact) mass is 339 g/mol. The first-order chi connectivity index (χ1) is 11.7. The van der Waals surface area contributed by atoms with E-state index in [-0.39, 0.29) is 0 Å². The Bertz CT molecular complexity index is 401. The van der Waals surface area contributed by atoms with Crippen LogP contribution in [0, 0.1) is 0 Å². The van der Waals surface area contributed by atoms with E-state index in [2.05, 4.69) is 26.3 Å². The Balaban J connectivity index is 2.92. The molecule has 2 N–H and O–H groups in total. The lowest BCUT2D eigenvalue weighted by Gasteiger charge is -2.44. The van der Waals surface area contributed by atoms with Gasteiger partial charge in [0.1, 0.15) is 30.6 Å². The molecule has 0 bridgehead atoms. The lowest BCUT2D eigenvalue weighted by atomic mass is 9.97. The van der Waals surface area contributed by atoms with Gasteiger partial charge in [-0.05, 0) is 0 Å². The van der Waals surface area contributed by atoms with Gasteiger partial charge in [-0.15, -0.1) is 26.3 Å². The van der Waals surface area contributed by atoms with Crippen LogP contribution in [0.1, 0.15) is 0 Å². The molecule has 0 saturated carbocycles. The molecule has 1 aliphatic heterocycles. The fraction of sp³-hybridized carbons (Fsp3) is 0.556. The van der Waals surface area contributed by atoms with Gasteiger partial charge < -0.3 is 29.4 Å². The Kier molecular flexibility index (Phi) is 10.5. The number of nitrogens with two attached hydrogens (primary N) is 1. The Hall–Kier alpha value is -1.28. The Labute approximate surface area is 144 Å². The average Bonchev–Trinajstić information content (AvgIpc) is 2.58. The highest BCUT2D eigenvalue weighted by Crippen LogP contribution is 2.26. The second-order valence-corrected chi connectivity index (χ2v) is 5.23. The molecule has 1 rings (SSSR count). The molecule has 0 aromatic rings.